The van der Waals surface area contributed by atoms with Crippen molar-refractivity contribution in [1.29, 1.82) is 0 Å². The van der Waals surface area contributed by atoms with E-state index in [1.807, 2.05) is 54.0 Å². The molecule has 1 N–H and O–H groups in total. The van der Waals surface area contributed by atoms with Crippen LogP contribution in [0.15, 0.2) is 60.8 Å². The maximum absolute atomic E-state index is 4.67. The molecule has 0 radical (unpaired) electrons. The molecule has 4 aromatic rings. The van der Waals surface area contributed by atoms with Crippen LogP contribution in [0.2, 0.25) is 0 Å². The Morgan fingerprint density at radius 1 is 0.905 bits per heavy atom. The van der Waals surface area contributed by atoms with Crippen molar-refractivity contribution < 1.29 is 0 Å². The standard InChI is InChI=1S/C17H14N4/c1-18-13-8-6-12(7-9-13)14-10-11-21-16-5-3-2-4-15(16)20-17(21)19-14/h2-11,18H,1H3. The molecule has 2 heterocycles. The molecular formula is C17H14N4. The topological polar surface area (TPSA) is 42.2 Å². The van der Waals surface area contributed by atoms with Crippen molar-refractivity contribution in [3.63, 3.8) is 0 Å². The number of imidazole rings is 1. The second-order valence-corrected chi connectivity index (χ2v) is 4.91. The highest BCUT2D eigenvalue weighted by atomic mass is 15.1. The molecule has 0 fully saturated rings. The SMILES string of the molecule is CNc1ccc(-c2ccn3c(n2)nc2ccccc23)cc1. The molecule has 0 aliphatic rings. The van der Waals surface area contributed by atoms with Crippen LogP contribution in [0, 0.1) is 0 Å². The minimum atomic E-state index is 0.728. The highest BCUT2D eigenvalue weighted by Gasteiger charge is 2.06. The summed E-state index contributed by atoms with van der Waals surface area (Å²) in [6, 6.07) is 18.3. The van der Waals surface area contributed by atoms with Gasteiger partial charge in [-0.1, -0.05) is 24.3 Å². The van der Waals surface area contributed by atoms with Gasteiger partial charge in [0.05, 0.1) is 16.7 Å². The van der Waals surface area contributed by atoms with Crippen LogP contribution in [-0.4, -0.2) is 21.4 Å². The molecule has 0 aliphatic heterocycles. The predicted molar refractivity (Wildman–Crippen MR) is 85.5 cm³/mol. The summed E-state index contributed by atoms with van der Waals surface area (Å²) in [7, 11) is 1.91. The number of nitrogens with zero attached hydrogens (tertiary/aromatic N) is 3. The molecule has 21 heavy (non-hydrogen) atoms. The average Bonchev–Trinajstić information content (AvgIpc) is 2.92. The van der Waals surface area contributed by atoms with E-state index in [1.54, 1.807) is 0 Å². The quantitative estimate of drug-likeness (QED) is 0.607. The third-order valence-electron chi connectivity index (χ3n) is 3.65. The van der Waals surface area contributed by atoms with Gasteiger partial charge in [-0.15, -0.1) is 0 Å². The van der Waals surface area contributed by atoms with Gasteiger partial charge in [0.1, 0.15) is 0 Å². The second-order valence-electron chi connectivity index (χ2n) is 4.91. The van der Waals surface area contributed by atoms with Crippen LogP contribution in [0.25, 0.3) is 28.1 Å². The van der Waals surface area contributed by atoms with Gasteiger partial charge in [-0.25, -0.2) is 9.97 Å². The second kappa shape index (κ2) is 4.59. The minimum Gasteiger partial charge on any atom is -0.388 e. The summed E-state index contributed by atoms with van der Waals surface area (Å²) in [6.45, 7) is 0. The number of hydrogen-bond acceptors (Lipinski definition) is 3. The molecule has 0 unspecified atom stereocenters. The first-order valence-corrected chi connectivity index (χ1v) is 6.87. The lowest BCUT2D eigenvalue weighted by atomic mass is 10.1. The van der Waals surface area contributed by atoms with Gasteiger partial charge in [-0.05, 0) is 30.3 Å². The zero-order chi connectivity index (χ0) is 14.2. The third kappa shape index (κ3) is 1.92. The number of para-hydroxylation sites is 2. The number of anilines is 1. The molecule has 0 atom stereocenters. The Morgan fingerprint density at radius 3 is 2.52 bits per heavy atom. The summed E-state index contributed by atoms with van der Waals surface area (Å²) < 4.78 is 2.01. The molecule has 102 valence electrons. The lowest BCUT2D eigenvalue weighted by Crippen LogP contribution is -1.92. The van der Waals surface area contributed by atoms with Gasteiger partial charge < -0.3 is 5.32 Å². The van der Waals surface area contributed by atoms with Crippen molar-refractivity contribution in [1.82, 2.24) is 14.4 Å². The summed E-state index contributed by atoms with van der Waals surface area (Å²) in [5.41, 5.74) is 5.15. The monoisotopic (exact) mass is 274 g/mol. The maximum Gasteiger partial charge on any atom is 0.235 e. The number of nitrogens with one attached hydrogen (secondary N) is 1. The molecule has 0 aliphatic carbocycles. The molecule has 0 amide bonds. The summed E-state index contributed by atoms with van der Waals surface area (Å²) in [5.74, 6) is 0.728. The van der Waals surface area contributed by atoms with Crippen LogP contribution >= 0.6 is 0 Å². The molecule has 2 aromatic heterocycles. The molecule has 2 aromatic carbocycles. The van der Waals surface area contributed by atoms with E-state index in [9.17, 15) is 0 Å². The van der Waals surface area contributed by atoms with Crippen LogP contribution < -0.4 is 5.32 Å². The van der Waals surface area contributed by atoms with E-state index in [0.717, 1.165) is 33.8 Å². The van der Waals surface area contributed by atoms with E-state index >= 15 is 0 Å². The van der Waals surface area contributed by atoms with Crippen molar-refractivity contribution in [3.8, 4) is 11.3 Å². The zero-order valence-corrected chi connectivity index (χ0v) is 11.6. The van der Waals surface area contributed by atoms with Gasteiger partial charge in [0, 0.05) is 24.5 Å². The fourth-order valence-electron chi connectivity index (χ4n) is 2.52. The van der Waals surface area contributed by atoms with Gasteiger partial charge in [0.15, 0.2) is 0 Å². The summed E-state index contributed by atoms with van der Waals surface area (Å²) in [5, 5.41) is 3.12. The first-order chi connectivity index (χ1) is 10.3. The molecule has 0 spiro atoms. The van der Waals surface area contributed by atoms with E-state index in [2.05, 4.69) is 33.5 Å². The van der Waals surface area contributed by atoms with E-state index < -0.39 is 0 Å². The van der Waals surface area contributed by atoms with Crippen LogP contribution in [0.3, 0.4) is 0 Å². The fourth-order valence-corrected chi connectivity index (χ4v) is 2.52. The predicted octanol–water partition coefficient (Wildman–Crippen LogP) is 3.59. The van der Waals surface area contributed by atoms with Crippen LogP contribution in [0.4, 0.5) is 5.69 Å². The van der Waals surface area contributed by atoms with Gasteiger partial charge in [-0.2, -0.15) is 0 Å². The number of aromatic nitrogens is 3. The molecule has 0 bridgehead atoms. The Balaban J connectivity index is 1.87. The lowest BCUT2D eigenvalue weighted by molar-refractivity contribution is 1.14. The number of hydrogen-bond donors (Lipinski definition) is 1. The number of fused-ring (bicyclic) bond motifs is 3. The summed E-state index contributed by atoms with van der Waals surface area (Å²) in [6.07, 6.45) is 2.03. The Bertz CT molecular complexity index is 922. The Labute approximate surface area is 122 Å². The van der Waals surface area contributed by atoms with Crippen LogP contribution in [-0.2, 0) is 0 Å². The number of rotatable bonds is 2. The Hall–Kier alpha value is -2.88. The van der Waals surface area contributed by atoms with Gasteiger partial charge >= 0.3 is 0 Å². The van der Waals surface area contributed by atoms with Crippen molar-refractivity contribution in [2.45, 2.75) is 0 Å². The first kappa shape index (κ1) is 11.9. The van der Waals surface area contributed by atoms with Crippen molar-refractivity contribution in [2.75, 3.05) is 12.4 Å². The summed E-state index contributed by atoms with van der Waals surface area (Å²) in [4.78, 5) is 9.24. The van der Waals surface area contributed by atoms with Crippen LogP contribution in [0.1, 0.15) is 0 Å². The van der Waals surface area contributed by atoms with E-state index in [0.29, 0.717) is 0 Å². The van der Waals surface area contributed by atoms with Crippen LogP contribution in [0.5, 0.6) is 0 Å². The van der Waals surface area contributed by atoms with E-state index in [-0.39, 0.29) is 0 Å². The lowest BCUT2D eigenvalue weighted by Gasteiger charge is -2.04. The molecular weight excluding hydrogens is 260 g/mol. The van der Waals surface area contributed by atoms with Gasteiger partial charge in [0.2, 0.25) is 5.78 Å². The van der Waals surface area contributed by atoms with Crippen molar-refractivity contribution in [3.05, 3.63) is 60.8 Å². The molecule has 0 saturated carbocycles. The van der Waals surface area contributed by atoms with Gasteiger partial charge in [-0.3, -0.25) is 4.40 Å². The molecule has 4 heteroatoms. The summed E-state index contributed by atoms with van der Waals surface area (Å²) >= 11 is 0. The van der Waals surface area contributed by atoms with Crippen molar-refractivity contribution in [2.24, 2.45) is 0 Å². The highest BCUT2D eigenvalue weighted by molar-refractivity contribution is 5.80. The third-order valence-corrected chi connectivity index (χ3v) is 3.65. The minimum absolute atomic E-state index is 0.728. The zero-order valence-electron chi connectivity index (χ0n) is 11.6. The van der Waals surface area contributed by atoms with Crippen molar-refractivity contribution >= 4 is 22.5 Å². The Kier molecular flexibility index (Phi) is 2.60. The molecule has 0 saturated heterocycles. The van der Waals surface area contributed by atoms with Gasteiger partial charge in [0.25, 0.3) is 0 Å². The smallest absolute Gasteiger partial charge is 0.235 e. The molecule has 4 nitrogen and oxygen atoms in total. The largest absolute Gasteiger partial charge is 0.388 e. The highest BCUT2D eigenvalue weighted by Crippen LogP contribution is 2.22. The Morgan fingerprint density at radius 2 is 1.71 bits per heavy atom. The first-order valence-electron chi connectivity index (χ1n) is 6.87. The number of benzene rings is 2. The van der Waals surface area contributed by atoms with E-state index in [4.69, 9.17) is 0 Å². The maximum atomic E-state index is 4.67. The average molecular weight is 274 g/mol. The van der Waals surface area contributed by atoms with E-state index in [1.165, 1.54) is 0 Å². The molecule has 4 rings (SSSR count). The fraction of sp³-hybridized carbons (Fsp3) is 0.0588. The normalized spacial score (nSPS) is 11.1.